The van der Waals surface area contributed by atoms with E-state index in [-0.39, 0.29) is 18.1 Å². The number of hydrogen-bond donors (Lipinski definition) is 1. The number of ether oxygens (including phenoxy) is 1. The third-order valence-corrected chi connectivity index (χ3v) is 2.84. The van der Waals surface area contributed by atoms with E-state index in [1.807, 2.05) is 37.3 Å². The largest absolute Gasteiger partial charge is 0.485 e. The maximum absolute atomic E-state index is 11.2. The van der Waals surface area contributed by atoms with E-state index in [2.05, 4.69) is 11.7 Å². The van der Waals surface area contributed by atoms with Gasteiger partial charge in [0.05, 0.1) is 11.9 Å². The van der Waals surface area contributed by atoms with Gasteiger partial charge in [-0.25, -0.2) is 9.48 Å². The molecule has 0 unspecified atom stereocenters. The summed E-state index contributed by atoms with van der Waals surface area (Å²) in [6.45, 7) is 6.09. The second-order valence-electron chi connectivity index (χ2n) is 4.32. The number of hydrogen-bond acceptors (Lipinski definition) is 3. The molecule has 0 radical (unpaired) electrons. The van der Waals surface area contributed by atoms with Crippen molar-refractivity contribution in [1.82, 2.24) is 9.78 Å². The number of nitrogens with zero attached hydrogens (tertiary/aromatic N) is 2. The van der Waals surface area contributed by atoms with E-state index in [4.69, 9.17) is 4.74 Å². The fraction of sp³-hybridized carbons (Fsp3) is 0.200. The van der Waals surface area contributed by atoms with Gasteiger partial charge in [-0.15, -0.1) is 0 Å². The second kappa shape index (κ2) is 6.06. The smallest absolute Gasteiger partial charge is 0.360 e. The molecule has 0 aliphatic rings. The normalized spacial score (nSPS) is 10.2. The molecule has 5 nitrogen and oxygen atoms in total. The monoisotopic (exact) mass is 272 g/mol. The van der Waals surface area contributed by atoms with Gasteiger partial charge in [0, 0.05) is 0 Å². The van der Waals surface area contributed by atoms with Crippen molar-refractivity contribution in [1.29, 1.82) is 0 Å². The molecule has 0 atom stereocenters. The quantitative estimate of drug-likeness (QED) is 0.821. The van der Waals surface area contributed by atoms with Crippen LogP contribution < -0.4 is 4.74 Å². The van der Waals surface area contributed by atoms with Gasteiger partial charge in [0.15, 0.2) is 5.75 Å². The van der Waals surface area contributed by atoms with Crippen molar-refractivity contribution in [2.45, 2.75) is 13.3 Å². The molecule has 0 saturated carbocycles. The number of aromatic carboxylic acids is 1. The Hall–Kier alpha value is -2.56. The van der Waals surface area contributed by atoms with Gasteiger partial charge in [-0.3, -0.25) is 0 Å². The number of carboxylic acids is 1. The summed E-state index contributed by atoms with van der Waals surface area (Å²) in [6.07, 6.45) is 2.36. The zero-order chi connectivity index (χ0) is 14.5. The van der Waals surface area contributed by atoms with Gasteiger partial charge >= 0.3 is 5.97 Å². The summed E-state index contributed by atoms with van der Waals surface area (Å²) >= 11 is 0. The number of rotatable bonds is 6. The molecule has 1 aromatic heterocycles. The summed E-state index contributed by atoms with van der Waals surface area (Å²) in [5.74, 6) is -0.868. The highest BCUT2D eigenvalue weighted by atomic mass is 16.5. The lowest BCUT2D eigenvalue weighted by Gasteiger charge is -2.04. The molecule has 1 N–H and O–H groups in total. The van der Waals surface area contributed by atoms with Crippen molar-refractivity contribution in [3.05, 3.63) is 54.4 Å². The van der Waals surface area contributed by atoms with Crippen LogP contribution in [0.5, 0.6) is 5.75 Å². The molecule has 0 aliphatic heterocycles. The number of aromatic nitrogens is 2. The van der Waals surface area contributed by atoms with Crippen LogP contribution in [0.3, 0.4) is 0 Å². The first-order valence-corrected chi connectivity index (χ1v) is 6.29. The number of carboxylic acid groups (broad SMARTS) is 1. The molecule has 2 aromatic rings. The van der Waals surface area contributed by atoms with Crippen molar-refractivity contribution in [3.63, 3.8) is 0 Å². The molecule has 1 heterocycles. The summed E-state index contributed by atoms with van der Waals surface area (Å²) in [4.78, 5) is 11.2. The molecule has 5 heteroatoms. The van der Waals surface area contributed by atoms with Crippen LogP contribution in [0.1, 0.15) is 23.8 Å². The van der Waals surface area contributed by atoms with Crippen molar-refractivity contribution >= 4 is 5.97 Å². The van der Waals surface area contributed by atoms with Gasteiger partial charge in [-0.2, -0.15) is 5.10 Å². The number of carbonyl (C=O) groups is 1. The Morgan fingerprint density at radius 3 is 2.70 bits per heavy atom. The van der Waals surface area contributed by atoms with Crippen molar-refractivity contribution < 1.29 is 14.6 Å². The number of benzene rings is 1. The summed E-state index contributed by atoms with van der Waals surface area (Å²) in [6, 6.07) is 9.28. The van der Waals surface area contributed by atoms with Crippen LogP contribution in [-0.4, -0.2) is 27.5 Å². The predicted octanol–water partition coefficient (Wildman–Crippen LogP) is 2.92. The Morgan fingerprint density at radius 2 is 2.10 bits per heavy atom. The van der Waals surface area contributed by atoms with Gasteiger partial charge in [0.1, 0.15) is 6.61 Å². The minimum atomic E-state index is -1.11. The average Bonchev–Trinajstić information content (AvgIpc) is 2.90. The van der Waals surface area contributed by atoms with Gasteiger partial charge in [0.2, 0.25) is 5.69 Å². The van der Waals surface area contributed by atoms with E-state index in [1.54, 1.807) is 6.20 Å². The lowest BCUT2D eigenvalue weighted by molar-refractivity contribution is 0.0686. The number of para-hydroxylation sites is 1. The molecular formula is C15H16N2O3. The maximum atomic E-state index is 11.2. The van der Waals surface area contributed by atoms with Crippen LogP contribution in [-0.2, 0) is 0 Å². The average molecular weight is 272 g/mol. The topological polar surface area (TPSA) is 64.4 Å². The minimum absolute atomic E-state index is 0.0993. The van der Waals surface area contributed by atoms with Crippen molar-refractivity contribution in [2.75, 3.05) is 6.61 Å². The van der Waals surface area contributed by atoms with Crippen LogP contribution in [0.25, 0.3) is 5.69 Å². The molecule has 0 aliphatic carbocycles. The summed E-state index contributed by atoms with van der Waals surface area (Å²) in [7, 11) is 0. The predicted molar refractivity (Wildman–Crippen MR) is 75.4 cm³/mol. The first-order chi connectivity index (χ1) is 9.61. The van der Waals surface area contributed by atoms with E-state index >= 15 is 0 Å². The molecule has 0 spiro atoms. The fourth-order valence-corrected chi connectivity index (χ4v) is 1.61. The van der Waals surface area contributed by atoms with Crippen LogP contribution in [0.4, 0.5) is 0 Å². The summed E-state index contributed by atoms with van der Waals surface area (Å²) < 4.78 is 6.98. The van der Waals surface area contributed by atoms with Crippen LogP contribution in [0, 0.1) is 0 Å². The molecule has 0 amide bonds. The molecule has 0 bridgehead atoms. The lowest BCUT2D eigenvalue weighted by Crippen LogP contribution is -2.05. The minimum Gasteiger partial charge on any atom is -0.485 e. The highest BCUT2D eigenvalue weighted by molar-refractivity contribution is 5.88. The highest BCUT2D eigenvalue weighted by Crippen LogP contribution is 2.20. The molecule has 20 heavy (non-hydrogen) atoms. The van der Waals surface area contributed by atoms with Crippen LogP contribution in [0.2, 0.25) is 0 Å². The van der Waals surface area contributed by atoms with Crippen LogP contribution in [0.15, 0.2) is 48.7 Å². The zero-order valence-electron chi connectivity index (χ0n) is 11.2. The summed E-state index contributed by atoms with van der Waals surface area (Å²) in [5, 5.41) is 13.2. The lowest BCUT2D eigenvalue weighted by atomic mass is 10.2. The van der Waals surface area contributed by atoms with E-state index < -0.39 is 5.97 Å². The van der Waals surface area contributed by atoms with Gasteiger partial charge in [-0.1, -0.05) is 31.7 Å². The third kappa shape index (κ3) is 3.06. The Bertz CT molecular complexity index is 617. The van der Waals surface area contributed by atoms with Gasteiger partial charge in [0.25, 0.3) is 0 Å². The Balaban J connectivity index is 2.29. The SMILES string of the molecule is C=C(CC)COc1cn(-c2ccccc2)nc1C(=O)O. The zero-order valence-corrected chi connectivity index (χ0v) is 11.2. The first kappa shape index (κ1) is 13.9. The molecule has 2 rings (SSSR count). The van der Waals surface area contributed by atoms with E-state index in [0.29, 0.717) is 0 Å². The first-order valence-electron chi connectivity index (χ1n) is 6.29. The fourth-order valence-electron chi connectivity index (χ4n) is 1.61. The molecule has 104 valence electrons. The molecule has 0 saturated heterocycles. The maximum Gasteiger partial charge on any atom is 0.360 e. The standard InChI is InChI=1S/C15H16N2O3/c1-3-11(2)10-20-13-9-17(16-14(13)15(18)19)12-7-5-4-6-8-12/h4-9H,2-3,10H2,1H3,(H,18,19). The van der Waals surface area contributed by atoms with Gasteiger partial charge in [-0.05, 0) is 24.1 Å². The summed E-state index contributed by atoms with van der Waals surface area (Å²) in [5.41, 5.74) is 1.57. The Morgan fingerprint density at radius 1 is 1.40 bits per heavy atom. The van der Waals surface area contributed by atoms with Crippen molar-refractivity contribution in [2.24, 2.45) is 0 Å². The third-order valence-electron chi connectivity index (χ3n) is 2.84. The molecule has 1 aromatic carbocycles. The molecule has 0 fully saturated rings. The Labute approximate surface area is 117 Å². The Kier molecular flexibility index (Phi) is 4.20. The van der Waals surface area contributed by atoms with E-state index in [9.17, 15) is 9.90 Å². The van der Waals surface area contributed by atoms with Gasteiger partial charge < -0.3 is 9.84 Å². The van der Waals surface area contributed by atoms with E-state index in [1.165, 1.54) is 4.68 Å². The van der Waals surface area contributed by atoms with Crippen molar-refractivity contribution in [3.8, 4) is 11.4 Å². The van der Waals surface area contributed by atoms with Crippen LogP contribution >= 0.6 is 0 Å². The second-order valence-corrected chi connectivity index (χ2v) is 4.32. The van der Waals surface area contributed by atoms with E-state index in [0.717, 1.165) is 17.7 Å². The highest BCUT2D eigenvalue weighted by Gasteiger charge is 2.18. The molecular weight excluding hydrogens is 256 g/mol.